The third kappa shape index (κ3) is 2.41. The molecule has 0 aliphatic carbocycles. The summed E-state index contributed by atoms with van der Waals surface area (Å²) in [5.41, 5.74) is 5.69. The summed E-state index contributed by atoms with van der Waals surface area (Å²) in [5, 5.41) is 2.19. The number of fused-ring (bicyclic) bond motifs is 6. The molecule has 2 bridgehead atoms. The summed E-state index contributed by atoms with van der Waals surface area (Å²) in [6.45, 7) is 1.00. The van der Waals surface area contributed by atoms with Crippen LogP contribution in [0.4, 0.5) is 0 Å². The molecule has 2 aliphatic heterocycles. The molecule has 3 nitrogen and oxygen atoms in total. The maximum absolute atomic E-state index is 6.35. The van der Waals surface area contributed by atoms with E-state index in [9.17, 15) is 0 Å². The lowest BCUT2D eigenvalue weighted by Gasteiger charge is -2.32. The van der Waals surface area contributed by atoms with Gasteiger partial charge in [-0.05, 0) is 61.7 Å². The molecule has 4 heterocycles. The summed E-state index contributed by atoms with van der Waals surface area (Å²) >= 11 is 6.35. The van der Waals surface area contributed by atoms with E-state index in [4.69, 9.17) is 11.6 Å². The van der Waals surface area contributed by atoms with Gasteiger partial charge in [0.2, 0.25) is 0 Å². The van der Waals surface area contributed by atoms with Crippen molar-refractivity contribution in [2.45, 2.75) is 44.3 Å². The van der Waals surface area contributed by atoms with E-state index in [1.165, 1.54) is 40.6 Å². The molecule has 0 N–H and O–H groups in total. The van der Waals surface area contributed by atoms with Crippen LogP contribution in [0.2, 0.25) is 5.02 Å². The van der Waals surface area contributed by atoms with Crippen molar-refractivity contribution in [3.05, 3.63) is 64.6 Å². The van der Waals surface area contributed by atoms with Gasteiger partial charge in [0.1, 0.15) is 0 Å². The number of rotatable bonds is 3. The largest absolute Gasteiger partial charge is 0.344 e. The van der Waals surface area contributed by atoms with Gasteiger partial charge in [-0.1, -0.05) is 17.7 Å². The SMILES string of the molecule is CN1C2CCC1c1c(n(CCc3cccnc3)c3ccc(Cl)cc13)C2. The number of nitrogens with zero attached hydrogens (tertiary/aromatic N) is 3. The molecule has 2 aliphatic rings. The van der Waals surface area contributed by atoms with Gasteiger partial charge in [0.15, 0.2) is 0 Å². The van der Waals surface area contributed by atoms with Gasteiger partial charge in [-0.15, -0.1) is 0 Å². The van der Waals surface area contributed by atoms with Crippen LogP contribution in [0.5, 0.6) is 0 Å². The summed E-state index contributed by atoms with van der Waals surface area (Å²) < 4.78 is 2.55. The Morgan fingerprint density at radius 2 is 2.16 bits per heavy atom. The number of halogens is 1. The fraction of sp³-hybridized carbons (Fsp3) is 0.381. The van der Waals surface area contributed by atoms with Crippen molar-refractivity contribution >= 4 is 22.5 Å². The van der Waals surface area contributed by atoms with E-state index in [1.54, 1.807) is 0 Å². The zero-order chi connectivity index (χ0) is 17.0. The second-order valence-corrected chi connectivity index (χ2v) is 7.84. The summed E-state index contributed by atoms with van der Waals surface area (Å²) in [5.74, 6) is 0. The standard InChI is InChI=1S/C21H22ClN3/c1-24-16-5-7-19(24)21-17-11-15(22)4-6-18(17)25(20(21)12-16)10-8-14-3-2-9-23-13-14/h2-4,6,9,11,13,16,19H,5,7-8,10,12H2,1H3. The second kappa shape index (κ2) is 5.86. The maximum atomic E-state index is 6.35. The Labute approximate surface area is 153 Å². The van der Waals surface area contributed by atoms with Crippen LogP contribution in [0.25, 0.3) is 10.9 Å². The zero-order valence-electron chi connectivity index (χ0n) is 14.5. The molecule has 0 amide bonds. The second-order valence-electron chi connectivity index (χ2n) is 7.40. The average Bonchev–Trinajstić information content (AvgIpc) is 3.04. The predicted octanol–water partition coefficient (Wildman–Crippen LogP) is 4.62. The molecular weight excluding hydrogens is 330 g/mol. The minimum absolute atomic E-state index is 0.550. The first-order valence-electron chi connectivity index (χ1n) is 9.14. The van der Waals surface area contributed by atoms with E-state index in [0.717, 1.165) is 24.4 Å². The molecule has 128 valence electrons. The summed E-state index contributed by atoms with van der Waals surface area (Å²) in [6, 6.07) is 11.8. The smallest absolute Gasteiger partial charge is 0.0487 e. The third-order valence-corrected chi connectivity index (χ3v) is 6.36. The summed E-state index contributed by atoms with van der Waals surface area (Å²) in [7, 11) is 2.29. The Morgan fingerprint density at radius 3 is 3.00 bits per heavy atom. The van der Waals surface area contributed by atoms with Gasteiger partial charge >= 0.3 is 0 Å². The normalized spacial score (nSPS) is 22.5. The zero-order valence-corrected chi connectivity index (χ0v) is 15.2. The molecule has 1 aromatic carbocycles. The Kier molecular flexibility index (Phi) is 3.61. The minimum atomic E-state index is 0.550. The highest BCUT2D eigenvalue weighted by molar-refractivity contribution is 6.31. The number of aryl methyl sites for hydroxylation is 2. The average molecular weight is 352 g/mol. The first-order chi connectivity index (χ1) is 12.2. The highest BCUT2D eigenvalue weighted by Crippen LogP contribution is 2.47. The van der Waals surface area contributed by atoms with Crippen LogP contribution in [0.3, 0.4) is 0 Å². The number of hydrogen-bond acceptors (Lipinski definition) is 2. The van der Waals surface area contributed by atoms with Crippen LogP contribution in [0.1, 0.15) is 35.7 Å². The lowest BCUT2D eigenvalue weighted by Crippen LogP contribution is -2.34. The van der Waals surface area contributed by atoms with Gasteiger partial charge in [0.25, 0.3) is 0 Å². The number of aromatic nitrogens is 2. The van der Waals surface area contributed by atoms with Gasteiger partial charge in [0, 0.05) is 59.1 Å². The first-order valence-corrected chi connectivity index (χ1v) is 9.51. The molecule has 0 radical (unpaired) electrons. The van der Waals surface area contributed by atoms with E-state index >= 15 is 0 Å². The predicted molar refractivity (Wildman–Crippen MR) is 102 cm³/mol. The molecule has 1 saturated heterocycles. The summed E-state index contributed by atoms with van der Waals surface area (Å²) in [4.78, 5) is 6.83. The van der Waals surface area contributed by atoms with Crippen LogP contribution < -0.4 is 0 Å². The quantitative estimate of drug-likeness (QED) is 0.686. The van der Waals surface area contributed by atoms with Crippen LogP contribution in [-0.2, 0) is 19.4 Å². The lowest BCUT2D eigenvalue weighted by atomic mass is 9.97. The van der Waals surface area contributed by atoms with E-state index in [2.05, 4.69) is 39.7 Å². The summed E-state index contributed by atoms with van der Waals surface area (Å²) in [6.07, 6.45) is 8.56. The fourth-order valence-corrected chi connectivity index (χ4v) is 5.04. The van der Waals surface area contributed by atoms with E-state index in [0.29, 0.717) is 12.1 Å². The van der Waals surface area contributed by atoms with Gasteiger partial charge < -0.3 is 4.57 Å². The monoisotopic (exact) mass is 351 g/mol. The highest BCUT2D eigenvalue weighted by Gasteiger charge is 2.40. The molecular formula is C21H22ClN3. The molecule has 25 heavy (non-hydrogen) atoms. The highest BCUT2D eigenvalue weighted by atomic mass is 35.5. The molecule has 0 saturated carbocycles. The van der Waals surface area contributed by atoms with Gasteiger partial charge in [-0.25, -0.2) is 0 Å². The Morgan fingerprint density at radius 1 is 1.24 bits per heavy atom. The molecule has 2 aromatic heterocycles. The molecule has 0 spiro atoms. The van der Waals surface area contributed by atoms with Crippen LogP contribution in [0, 0.1) is 0 Å². The van der Waals surface area contributed by atoms with Crippen LogP contribution in [0.15, 0.2) is 42.7 Å². The number of pyridine rings is 1. The fourth-order valence-electron chi connectivity index (χ4n) is 4.87. The van der Waals surface area contributed by atoms with Crippen molar-refractivity contribution in [2.75, 3.05) is 7.05 Å². The van der Waals surface area contributed by atoms with Crippen molar-refractivity contribution < 1.29 is 0 Å². The Bertz CT molecular complexity index is 931. The van der Waals surface area contributed by atoms with E-state index in [-0.39, 0.29) is 0 Å². The van der Waals surface area contributed by atoms with E-state index < -0.39 is 0 Å². The topological polar surface area (TPSA) is 21.1 Å². The van der Waals surface area contributed by atoms with Crippen LogP contribution >= 0.6 is 11.6 Å². The molecule has 4 heteroatoms. The van der Waals surface area contributed by atoms with Gasteiger partial charge in [-0.3, -0.25) is 9.88 Å². The van der Waals surface area contributed by atoms with Crippen molar-refractivity contribution in [1.29, 1.82) is 0 Å². The molecule has 2 unspecified atom stereocenters. The minimum Gasteiger partial charge on any atom is -0.344 e. The number of hydrogen-bond donors (Lipinski definition) is 0. The lowest BCUT2D eigenvalue weighted by molar-refractivity contribution is 0.222. The molecule has 3 aromatic rings. The molecule has 5 rings (SSSR count). The maximum Gasteiger partial charge on any atom is 0.0487 e. The number of benzene rings is 1. The molecule has 2 atom stereocenters. The van der Waals surface area contributed by atoms with Crippen LogP contribution in [-0.4, -0.2) is 27.5 Å². The first kappa shape index (κ1) is 15.4. The number of likely N-dealkylation sites (N-methyl/N-ethyl adjacent to an activating group) is 1. The Hall–Kier alpha value is -1.84. The van der Waals surface area contributed by atoms with Crippen molar-refractivity contribution in [2.24, 2.45) is 0 Å². The van der Waals surface area contributed by atoms with Gasteiger partial charge in [0.05, 0.1) is 0 Å². The van der Waals surface area contributed by atoms with Crippen molar-refractivity contribution in [1.82, 2.24) is 14.5 Å². The van der Waals surface area contributed by atoms with Crippen molar-refractivity contribution in [3.8, 4) is 0 Å². The van der Waals surface area contributed by atoms with Crippen molar-refractivity contribution in [3.63, 3.8) is 0 Å². The third-order valence-electron chi connectivity index (χ3n) is 6.13. The van der Waals surface area contributed by atoms with E-state index in [1.807, 2.05) is 24.5 Å². The molecule has 1 fully saturated rings. The van der Waals surface area contributed by atoms with Gasteiger partial charge in [-0.2, -0.15) is 0 Å². The Balaban J connectivity index is 1.62.